The van der Waals surface area contributed by atoms with Crippen molar-refractivity contribution in [3.8, 4) is 11.3 Å². The fourth-order valence-electron chi connectivity index (χ4n) is 6.01. The minimum absolute atomic E-state index is 0.990. The zero-order valence-electron chi connectivity index (χ0n) is 20.9. The summed E-state index contributed by atoms with van der Waals surface area (Å²) in [5.41, 5.74) is 5.77. The average Bonchev–Trinajstić information content (AvgIpc) is 3.01. The highest BCUT2D eigenvalue weighted by molar-refractivity contribution is 7.21. The van der Waals surface area contributed by atoms with Gasteiger partial charge in [0.15, 0.2) is 8.07 Å². The highest BCUT2D eigenvalue weighted by Crippen LogP contribution is 2.39. The van der Waals surface area contributed by atoms with Gasteiger partial charge in [-0.25, -0.2) is 0 Å². The lowest BCUT2D eigenvalue weighted by Gasteiger charge is -2.45. The molecule has 6 aromatic rings. The van der Waals surface area contributed by atoms with Crippen LogP contribution >= 0.6 is 0 Å². The molecule has 0 atom stereocenters. The van der Waals surface area contributed by atoms with Gasteiger partial charge in [0, 0.05) is 28.8 Å². The second-order valence-electron chi connectivity index (χ2n) is 9.62. The van der Waals surface area contributed by atoms with Crippen molar-refractivity contribution in [1.29, 1.82) is 0 Å². The van der Waals surface area contributed by atoms with Crippen LogP contribution in [-0.4, -0.2) is 13.1 Å². The lowest BCUT2D eigenvalue weighted by molar-refractivity contribution is 1.28. The number of aromatic nitrogens is 1. The van der Waals surface area contributed by atoms with Gasteiger partial charge in [-0.05, 0) is 57.1 Å². The van der Waals surface area contributed by atoms with Gasteiger partial charge in [0.2, 0.25) is 0 Å². The molecule has 1 aliphatic rings. The Hall–Kier alpha value is -4.73. The molecule has 0 amide bonds. The van der Waals surface area contributed by atoms with Gasteiger partial charge in [-0.2, -0.15) is 0 Å². The van der Waals surface area contributed by atoms with Gasteiger partial charge < -0.3 is 4.90 Å². The van der Waals surface area contributed by atoms with Crippen LogP contribution in [0.1, 0.15) is 0 Å². The molecule has 0 spiro atoms. The quantitative estimate of drug-likeness (QED) is 0.278. The van der Waals surface area contributed by atoms with Gasteiger partial charge in [-0.3, -0.25) is 4.98 Å². The number of rotatable bonds is 4. The van der Waals surface area contributed by atoms with E-state index in [0.29, 0.717) is 0 Å². The molecule has 0 aliphatic carbocycles. The smallest absolute Gasteiger partial charge is 0.184 e. The lowest BCUT2D eigenvalue weighted by Crippen LogP contribution is -2.77. The predicted octanol–water partition coefficient (Wildman–Crippen LogP) is 5.91. The van der Waals surface area contributed by atoms with Crippen LogP contribution in [0.25, 0.3) is 11.3 Å². The van der Waals surface area contributed by atoms with Crippen molar-refractivity contribution >= 4 is 45.9 Å². The molecule has 180 valence electrons. The zero-order valence-corrected chi connectivity index (χ0v) is 21.9. The van der Waals surface area contributed by atoms with Crippen molar-refractivity contribution in [3.05, 3.63) is 158 Å². The molecule has 0 N–H and O–H groups in total. The van der Waals surface area contributed by atoms with E-state index in [0.717, 1.165) is 16.9 Å². The third-order valence-corrected chi connectivity index (χ3v) is 12.4. The van der Waals surface area contributed by atoms with Crippen LogP contribution in [0, 0.1) is 0 Å². The maximum atomic E-state index is 4.71. The second kappa shape index (κ2) is 9.29. The summed E-state index contributed by atoms with van der Waals surface area (Å²) in [7, 11) is -2.68. The standard InChI is InChI=1S/C35H26N2Si/c1-4-14-28(15-5-1)37-32-21-10-11-22-34(32)38(29-16-6-2-7-17-29,30-18-8-3-9-19-30)35-26-27(23-24-33(35)37)31-20-12-13-25-36-31/h1-26H. The largest absolute Gasteiger partial charge is 0.311 e. The van der Waals surface area contributed by atoms with Crippen molar-refractivity contribution < 1.29 is 0 Å². The average molecular weight is 503 g/mol. The number of hydrogen-bond acceptors (Lipinski definition) is 2. The number of para-hydroxylation sites is 2. The van der Waals surface area contributed by atoms with Crippen LogP contribution in [0.2, 0.25) is 0 Å². The number of fused-ring (bicyclic) bond motifs is 2. The van der Waals surface area contributed by atoms with Crippen LogP contribution < -0.4 is 25.6 Å². The Morgan fingerprint density at radius 2 is 1.05 bits per heavy atom. The van der Waals surface area contributed by atoms with Gasteiger partial charge in [0.1, 0.15) is 0 Å². The van der Waals surface area contributed by atoms with Crippen molar-refractivity contribution in [3.63, 3.8) is 0 Å². The van der Waals surface area contributed by atoms with Gasteiger partial charge in [-0.1, -0.05) is 115 Å². The Bertz CT molecular complexity index is 1660. The Morgan fingerprint density at radius 1 is 0.474 bits per heavy atom. The molecule has 38 heavy (non-hydrogen) atoms. The number of pyridine rings is 1. The molecule has 0 unspecified atom stereocenters. The van der Waals surface area contributed by atoms with Gasteiger partial charge in [-0.15, -0.1) is 0 Å². The van der Waals surface area contributed by atoms with E-state index >= 15 is 0 Å². The van der Waals surface area contributed by atoms with Crippen LogP contribution in [0.4, 0.5) is 17.1 Å². The van der Waals surface area contributed by atoms with Crippen LogP contribution in [0.3, 0.4) is 0 Å². The molecule has 2 nitrogen and oxygen atoms in total. The van der Waals surface area contributed by atoms with Crippen molar-refractivity contribution in [2.24, 2.45) is 0 Å². The molecule has 0 bridgehead atoms. The first-order valence-corrected chi connectivity index (χ1v) is 15.0. The summed E-state index contributed by atoms with van der Waals surface area (Å²) in [6, 6.07) is 55.1. The topological polar surface area (TPSA) is 16.1 Å². The van der Waals surface area contributed by atoms with E-state index in [1.54, 1.807) is 0 Å². The maximum Gasteiger partial charge on any atom is 0.184 e. The highest BCUT2D eigenvalue weighted by Gasteiger charge is 2.48. The van der Waals surface area contributed by atoms with E-state index < -0.39 is 8.07 Å². The van der Waals surface area contributed by atoms with E-state index in [-0.39, 0.29) is 0 Å². The van der Waals surface area contributed by atoms with Gasteiger partial charge in [0.25, 0.3) is 0 Å². The predicted molar refractivity (Wildman–Crippen MR) is 162 cm³/mol. The summed E-state index contributed by atoms with van der Waals surface area (Å²) < 4.78 is 0. The number of nitrogens with zero attached hydrogens (tertiary/aromatic N) is 2. The van der Waals surface area contributed by atoms with Gasteiger partial charge >= 0.3 is 0 Å². The minimum Gasteiger partial charge on any atom is -0.311 e. The lowest BCUT2D eigenvalue weighted by atomic mass is 10.1. The number of anilines is 3. The molecule has 0 fully saturated rings. The van der Waals surface area contributed by atoms with Crippen LogP contribution in [0.5, 0.6) is 0 Å². The summed E-state index contributed by atoms with van der Waals surface area (Å²) >= 11 is 0. The second-order valence-corrected chi connectivity index (χ2v) is 13.3. The van der Waals surface area contributed by atoms with Crippen LogP contribution in [-0.2, 0) is 0 Å². The Kier molecular flexibility index (Phi) is 5.49. The Balaban J connectivity index is 1.64. The first-order chi connectivity index (χ1) is 18.9. The minimum atomic E-state index is -2.68. The fraction of sp³-hybridized carbons (Fsp3) is 0. The SMILES string of the molecule is c1ccc(N2c3ccccc3[Si](c3ccccc3)(c3ccccc3)c3cc(-c4ccccn4)ccc32)cc1. The van der Waals surface area contributed by atoms with E-state index in [4.69, 9.17) is 4.98 Å². The Labute approximate surface area is 224 Å². The highest BCUT2D eigenvalue weighted by atomic mass is 28.3. The molecule has 7 rings (SSSR count). The molecule has 5 aromatic carbocycles. The third kappa shape index (κ3) is 3.44. The molecular weight excluding hydrogens is 476 g/mol. The summed E-state index contributed by atoms with van der Waals surface area (Å²) in [4.78, 5) is 7.15. The van der Waals surface area contributed by atoms with E-state index in [9.17, 15) is 0 Å². The monoisotopic (exact) mass is 502 g/mol. The molecule has 0 saturated carbocycles. The third-order valence-electron chi connectivity index (χ3n) is 7.58. The van der Waals surface area contributed by atoms with Crippen LogP contribution in [0.15, 0.2) is 158 Å². The van der Waals surface area contributed by atoms with E-state index in [1.807, 2.05) is 12.3 Å². The molecule has 2 heterocycles. The molecule has 3 heteroatoms. The number of benzene rings is 5. The molecule has 1 aliphatic heterocycles. The Morgan fingerprint density at radius 3 is 1.71 bits per heavy atom. The molecule has 1 aromatic heterocycles. The summed E-state index contributed by atoms with van der Waals surface area (Å²) in [6.45, 7) is 0. The van der Waals surface area contributed by atoms with Crippen molar-refractivity contribution in [2.45, 2.75) is 0 Å². The van der Waals surface area contributed by atoms with Crippen molar-refractivity contribution in [2.75, 3.05) is 4.90 Å². The van der Waals surface area contributed by atoms with Gasteiger partial charge in [0.05, 0.1) is 5.69 Å². The summed E-state index contributed by atoms with van der Waals surface area (Å²) in [5, 5.41) is 5.53. The molecule has 0 radical (unpaired) electrons. The molecular formula is C35H26N2Si. The van der Waals surface area contributed by atoms with E-state index in [2.05, 4.69) is 150 Å². The number of hydrogen-bond donors (Lipinski definition) is 0. The molecule has 0 saturated heterocycles. The van der Waals surface area contributed by atoms with E-state index in [1.165, 1.54) is 32.1 Å². The first kappa shape index (κ1) is 22.5. The van der Waals surface area contributed by atoms with Crippen molar-refractivity contribution in [1.82, 2.24) is 4.98 Å². The fourth-order valence-corrected chi connectivity index (χ4v) is 11.1. The summed E-state index contributed by atoms with van der Waals surface area (Å²) in [6.07, 6.45) is 1.87. The summed E-state index contributed by atoms with van der Waals surface area (Å²) in [5.74, 6) is 0. The normalized spacial score (nSPS) is 13.4. The zero-order chi connectivity index (χ0) is 25.4. The first-order valence-electron chi connectivity index (χ1n) is 13.0. The maximum absolute atomic E-state index is 4.71.